The van der Waals surface area contributed by atoms with Crippen LogP contribution in [0.1, 0.15) is 0 Å². The Morgan fingerprint density at radius 1 is 1.22 bits per heavy atom. The minimum absolute atomic E-state index is 0. The van der Waals surface area contributed by atoms with E-state index in [1.807, 2.05) is 44.2 Å². The predicted molar refractivity (Wildman–Crippen MR) is 77.5 cm³/mol. The van der Waals surface area contributed by atoms with Crippen LogP contribution in [-0.4, -0.2) is 44.1 Å². The fourth-order valence-corrected chi connectivity index (χ4v) is 1.54. The standard InChI is InChI=1S/C12H18N4O.ClH/c1-15(2)6-7-16(3)12-14-10-8-9(13)4-5-11(10)17-12;/h4-5,8H,6-7,13H2,1-3H3;1H. The van der Waals surface area contributed by atoms with Crippen LogP contribution in [0.3, 0.4) is 0 Å². The Kier molecular flexibility index (Phi) is 4.81. The van der Waals surface area contributed by atoms with Crippen molar-refractivity contribution in [3.63, 3.8) is 0 Å². The number of aromatic nitrogens is 1. The van der Waals surface area contributed by atoms with E-state index in [1.165, 1.54) is 0 Å². The van der Waals surface area contributed by atoms with Crippen LogP contribution in [0.2, 0.25) is 0 Å². The zero-order chi connectivity index (χ0) is 12.4. The molecule has 0 saturated carbocycles. The van der Waals surface area contributed by atoms with Crippen molar-refractivity contribution in [2.75, 3.05) is 44.9 Å². The molecular formula is C12H19ClN4O. The predicted octanol–water partition coefficient (Wildman–Crippen LogP) is 1.83. The first kappa shape index (κ1) is 14.6. The highest BCUT2D eigenvalue weighted by molar-refractivity contribution is 5.85. The zero-order valence-electron chi connectivity index (χ0n) is 10.9. The Bertz CT molecular complexity index is 512. The molecule has 0 saturated heterocycles. The summed E-state index contributed by atoms with van der Waals surface area (Å²) in [5, 5.41) is 0. The average Bonchev–Trinajstić information content (AvgIpc) is 2.68. The maximum absolute atomic E-state index is 5.71. The molecule has 0 radical (unpaired) electrons. The highest BCUT2D eigenvalue weighted by Crippen LogP contribution is 2.22. The van der Waals surface area contributed by atoms with Crippen molar-refractivity contribution < 1.29 is 4.42 Å². The molecule has 0 atom stereocenters. The molecular weight excluding hydrogens is 252 g/mol. The van der Waals surface area contributed by atoms with Crippen LogP contribution >= 0.6 is 12.4 Å². The van der Waals surface area contributed by atoms with Gasteiger partial charge in [0, 0.05) is 25.8 Å². The second-order valence-electron chi connectivity index (χ2n) is 4.45. The second-order valence-corrected chi connectivity index (χ2v) is 4.45. The fraction of sp³-hybridized carbons (Fsp3) is 0.417. The van der Waals surface area contributed by atoms with Gasteiger partial charge in [0.15, 0.2) is 5.58 Å². The number of hydrogen-bond acceptors (Lipinski definition) is 5. The summed E-state index contributed by atoms with van der Waals surface area (Å²) in [5.74, 6) is 0. The van der Waals surface area contributed by atoms with Crippen molar-refractivity contribution in [1.82, 2.24) is 9.88 Å². The first-order valence-corrected chi connectivity index (χ1v) is 5.58. The van der Waals surface area contributed by atoms with Gasteiger partial charge in [0.1, 0.15) is 5.52 Å². The van der Waals surface area contributed by atoms with E-state index in [0.717, 1.165) is 24.2 Å². The molecule has 0 aliphatic rings. The minimum Gasteiger partial charge on any atom is -0.423 e. The maximum Gasteiger partial charge on any atom is 0.298 e. The summed E-state index contributed by atoms with van der Waals surface area (Å²) in [5.41, 5.74) is 7.98. The number of oxazole rings is 1. The summed E-state index contributed by atoms with van der Waals surface area (Å²) in [7, 11) is 6.05. The number of anilines is 2. The molecule has 0 spiro atoms. The van der Waals surface area contributed by atoms with Crippen LogP contribution in [0.25, 0.3) is 11.1 Å². The number of nitrogen functional groups attached to an aromatic ring is 1. The molecule has 5 nitrogen and oxygen atoms in total. The zero-order valence-corrected chi connectivity index (χ0v) is 11.7. The molecule has 18 heavy (non-hydrogen) atoms. The topological polar surface area (TPSA) is 58.5 Å². The molecule has 2 N–H and O–H groups in total. The highest BCUT2D eigenvalue weighted by atomic mass is 35.5. The Balaban J connectivity index is 0.00000162. The van der Waals surface area contributed by atoms with E-state index in [0.29, 0.717) is 11.7 Å². The van der Waals surface area contributed by atoms with Crippen molar-refractivity contribution in [3.8, 4) is 0 Å². The lowest BCUT2D eigenvalue weighted by atomic mass is 10.3. The van der Waals surface area contributed by atoms with E-state index >= 15 is 0 Å². The van der Waals surface area contributed by atoms with Gasteiger partial charge in [-0.15, -0.1) is 12.4 Å². The molecule has 0 amide bonds. The molecule has 0 unspecified atom stereocenters. The van der Waals surface area contributed by atoms with Gasteiger partial charge in [0.2, 0.25) is 0 Å². The molecule has 1 heterocycles. The fourth-order valence-electron chi connectivity index (χ4n) is 1.54. The summed E-state index contributed by atoms with van der Waals surface area (Å²) < 4.78 is 5.66. The number of nitrogens with zero attached hydrogens (tertiary/aromatic N) is 3. The van der Waals surface area contributed by atoms with Gasteiger partial charge in [-0.05, 0) is 32.3 Å². The van der Waals surface area contributed by atoms with Gasteiger partial charge < -0.3 is 20.0 Å². The molecule has 6 heteroatoms. The SMILES string of the molecule is CN(C)CCN(C)c1nc2cc(N)ccc2o1.Cl. The smallest absolute Gasteiger partial charge is 0.298 e. The van der Waals surface area contributed by atoms with Gasteiger partial charge >= 0.3 is 0 Å². The number of nitrogens with two attached hydrogens (primary N) is 1. The molecule has 0 aliphatic heterocycles. The molecule has 1 aromatic carbocycles. The van der Waals surface area contributed by atoms with Crippen LogP contribution < -0.4 is 10.6 Å². The minimum atomic E-state index is 0. The summed E-state index contributed by atoms with van der Waals surface area (Å²) in [6, 6.07) is 6.12. The number of hydrogen-bond donors (Lipinski definition) is 1. The normalized spacial score (nSPS) is 10.7. The van der Waals surface area contributed by atoms with Crippen molar-refractivity contribution in [2.24, 2.45) is 0 Å². The van der Waals surface area contributed by atoms with E-state index in [-0.39, 0.29) is 12.4 Å². The molecule has 0 bridgehead atoms. The van der Waals surface area contributed by atoms with Crippen LogP contribution in [0.4, 0.5) is 11.7 Å². The first-order chi connectivity index (χ1) is 8.06. The lowest BCUT2D eigenvalue weighted by molar-refractivity contribution is 0.411. The number of fused-ring (bicyclic) bond motifs is 1. The van der Waals surface area contributed by atoms with Gasteiger partial charge in [0.05, 0.1) is 0 Å². The summed E-state index contributed by atoms with van der Waals surface area (Å²) in [6.45, 7) is 1.83. The first-order valence-electron chi connectivity index (χ1n) is 5.58. The third kappa shape index (κ3) is 3.27. The number of halogens is 1. The summed E-state index contributed by atoms with van der Waals surface area (Å²) >= 11 is 0. The third-order valence-corrected chi connectivity index (χ3v) is 2.61. The summed E-state index contributed by atoms with van der Waals surface area (Å²) in [6.07, 6.45) is 0. The Morgan fingerprint density at radius 2 is 1.94 bits per heavy atom. The monoisotopic (exact) mass is 270 g/mol. The Labute approximate surface area is 113 Å². The number of likely N-dealkylation sites (N-methyl/N-ethyl adjacent to an activating group) is 2. The van der Waals surface area contributed by atoms with E-state index < -0.39 is 0 Å². The van der Waals surface area contributed by atoms with Crippen LogP contribution in [0.15, 0.2) is 22.6 Å². The van der Waals surface area contributed by atoms with Crippen molar-refractivity contribution >= 4 is 35.2 Å². The lowest BCUT2D eigenvalue weighted by Gasteiger charge is -2.17. The molecule has 0 aliphatic carbocycles. The number of benzene rings is 1. The molecule has 100 valence electrons. The van der Waals surface area contributed by atoms with Crippen LogP contribution in [0.5, 0.6) is 0 Å². The molecule has 1 aromatic heterocycles. The molecule has 2 rings (SSSR count). The van der Waals surface area contributed by atoms with E-state index in [9.17, 15) is 0 Å². The van der Waals surface area contributed by atoms with Crippen molar-refractivity contribution in [2.45, 2.75) is 0 Å². The van der Waals surface area contributed by atoms with Crippen LogP contribution in [0, 0.1) is 0 Å². The molecule has 2 aromatic rings. The Morgan fingerprint density at radius 3 is 2.61 bits per heavy atom. The van der Waals surface area contributed by atoms with E-state index in [4.69, 9.17) is 10.2 Å². The van der Waals surface area contributed by atoms with Gasteiger partial charge in [-0.2, -0.15) is 4.98 Å². The van der Waals surface area contributed by atoms with Gasteiger partial charge in [0.25, 0.3) is 6.01 Å². The largest absolute Gasteiger partial charge is 0.423 e. The second kappa shape index (κ2) is 5.93. The van der Waals surface area contributed by atoms with Gasteiger partial charge in [-0.25, -0.2) is 0 Å². The van der Waals surface area contributed by atoms with Crippen molar-refractivity contribution in [3.05, 3.63) is 18.2 Å². The molecule has 0 fully saturated rings. The lowest BCUT2D eigenvalue weighted by Crippen LogP contribution is -2.28. The number of rotatable bonds is 4. The maximum atomic E-state index is 5.71. The van der Waals surface area contributed by atoms with E-state index in [2.05, 4.69) is 9.88 Å². The van der Waals surface area contributed by atoms with Gasteiger partial charge in [-0.1, -0.05) is 0 Å². The van der Waals surface area contributed by atoms with Crippen LogP contribution in [-0.2, 0) is 0 Å². The third-order valence-electron chi connectivity index (χ3n) is 2.61. The Hall–Kier alpha value is -1.46. The van der Waals surface area contributed by atoms with Crippen molar-refractivity contribution in [1.29, 1.82) is 0 Å². The van der Waals surface area contributed by atoms with Gasteiger partial charge in [-0.3, -0.25) is 0 Å². The summed E-state index contributed by atoms with van der Waals surface area (Å²) in [4.78, 5) is 8.53. The van der Waals surface area contributed by atoms with E-state index in [1.54, 1.807) is 0 Å². The average molecular weight is 271 g/mol. The quantitative estimate of drug-likeness (QED) is 0.859. The highest BCUT2D eigenvalue weighted by Gasteiger charge is 2.10.